The van der Waals surface area contributed by atoms with Crippen LogP contribution in [0.3, 0.4) is 0 Å². The fourth-order valence-corrected chi connectivity index (χ4v) is 8.27. The SMILES string of the molecule is O=C(NC12CC3CC(CC(C3)C1)C2)C(c1csnn1)N(C(=O)CN1C(=O)c2ccccc2C1=O)C1CC1. The molecule has 1 aromatic carbocycles. The van der Waals surface area contributed by atoms with E-state index in [2.05, 4.69) is 14.9 Å². The smallest absolute Gasteiger partial charge is 0.262 e. The molecule has 0 saturated heterocycles. The van der Waals surface area contributed by atoms with Crippen LogP contribution in [-0.2, 0) is 9.59 Å². The Bertz CT molecular complexity index is 1220. The van der Waals surface area contributed by atoms with Gasteiger partial charge < -0.3 is 10.2 Å². The van der Waals surface area contributed by atoms with Crippen LogP contribution < -0.4 is 5.32 Å². The van der Waals surface area contributed by atoms with Gasteiger partial charge in [0.05, 0.1) is 11.1 Å². The van der Waals surface area contributed by atoms with Crippen LogP contribution in [0.4, 0.5) is 0 Å². The summed E-state index contributed by atoms with van der Waals surface area (Å²) in [6, 6.07) is 5.54. The van der Waals surface area contributed by atoms with E-state index in [9.17, 15) is 19.2 Å². The highest BCUT2D eigenvalue weighted by atomic mass is 32.1. The van der Waals surface area contributed by atoms with Crippen LogP contribution >= 0.6 is 11.5 Å². The molecule has 2 aromatic rings. The molecule has 6 aliphatic rings. The summed E-state index contributed by atoms with van der Waals surface area (Å²) in [5.41, 5.74) is 0.833. The number of hydrogen-bond donors (Lipinski definition) is 1. The van der Waals surface area contributed by atoms with Crippen molar-refractivity contribution in [1.82, 2.24) is 24.7 Å². The van der Waals surface area contributed by atoms with Crippen molar-refractivity contribution >= 4 is 35.2 Å². The summed E-state index contributed by atoms with van der Waals surface area (Å²) in [5, 5.41) is 9.34. The highest BCUT2D eigenvalue weighted by Gasteiger charge is 2.53. The molecular weight excluding hydrogens is 490 g/mol. The highest BCUT2D eigenvalue weighted by molar-refractivity contribution is 7.03. The van der Waals surface area contributed by atoms with Crippen molar-refractivity contribution in [3.8, 4) is 0 Å². The van der Waals surface area contributed by atoms with Crippen LogP contribution in [-0.4, -0.2) is 61.1 Å². The molecule has 5 fully saturated rings. The minimum absolute atomic E-state index is 0.128. The summed E-state index contributed by atoms with van der Waals surface area (Å²) in [7, 11) is 0. The number of aromatic nitrogens is 2. The fraction of sp³-hybridized carbons (Fsp3) is 0.556. The molecule has 0 radical (unpaired) electrons. The normalized spacial score (nSPS) is 30.4. The van der Waals surface area contributed by atoms with E-state index in [1.165, 1.54) is 19.3 Å². The van der Waals surface area contributed by atoms with E-state index in [1.54, 1.807) is 34.5 Å². The average Bonchev–Trinajstić information content (AvgIpc) is 3.50. The zero-order valence-corrected chi connectivity index (χ0v) is 21.3. The summed E-state index contributed by atoms with van der Waals surface area (Å²) in [6.45, 7) is -0.401. The minimum Gasteiger partial charge on any atom is -0.348 e. The first kappa shape index (κ1) is 23.0. The summed E-state index contributed by atoms with van der Waals surface area (Å²) in [6.07, 6.45) is 8.33. The van der Waals surface area contributed by atoms with Crippen molar-refractivity contribution < 1.29 is 19.2 Å². The van der Waals surface area contributed by atoms with E-state index < -0.39 is 30.3 Å². The van der Waals surface area contributed by atoms with Crippen LogP contribution in [0.2, 0.25) is 0 Å². The van der Waals surface area contributed by atoms with Crippen LogP contribution in [0.1, 0.15) is 83.8 Å². The molecule has 1 atom stereocenters. The number of nitrogens with zero attached hydrogens (tertiary/aromatic N) is 4. The molecule has 1 unspecified atom stereocenters. The van der Waals surface area contributed by atoms with Gasteiger partial charge in [0.2, 0.25) is 11.8 Å². The predicted octanol–water partition coefficient (Wildman–Crippen LogP) is 2.95. The molecule has 0 spiro atoms. The van der Waals surface area contributed by atoms with Crippen LogP contribution in [0.25, 0.3) is 0 Å². The lowest BCUT2D eigenvalue weighted by Gasteiger charge is -2.57. The highest BCUT2D eigenvalue weighted by Crippen LogP contribution is 2.55. The molecule has 9 nitrogen and oxygen atoms in total. The summed E-state index contributed by atoms with van der Waals surface area (Å²) >= 11 is 1.14. The molecular formula is C27H29N5O4S. The number of carbonyl (C=O) groups excluding carboxylic acids is 4. The second-order valence-corrected chi connectivity index (χ2v) is 12.3. The molecule has 1 N–H and O–H groups in total. The molecule has 5 aliphatic carbocycles. The van der Waals surface area contributed by atoms with Crippen molar-refractivity contribution in [2.75, 3.05) is 6.54 Å². The molecule has 10 heteroatoms. The van der Waals surface area contributed by atoms with E-state index in [4.69, 9.17) is 0 Å². The maximum atomic E-state index is 14.0. The third kappa shape index (κ3) is 3.88. The van der Waals surface area contributed by atoms with E-state index in [1.807, 2.05) is 0 Å². The largest absolute Gasteiger partial charge is 0.348 e. The van der Waals surface area contributed by atoms with Gasteiger partial charge in [-0.25, -0.2) is 0 Å². The topological polar surface area (TPSA) is 113 Å². The van der Waals surface area contributed by atoms with Crippen LogP contribution in [0.5, 0.6) is 0 Å². The molecule has 8 rings (SSSR count). The Morgan fingerprint density at radius 3 is 2.14 bits per heavy atom. The first-order valence-electron chi connectivity index (χ1n) is 13.3. The number of rotatable bonds is 7. The fourth-order valence-electron chi connectivity index (χ4n) is 7.80. The number of carbonyl (C=O) groups is 4. The first-order chi connectivity index (χ1) is 17.9. The summed E-state index contributed by atoms with van der Waals surface area (Å²) in [4.78, 5) is 56.2. The average molecular weight is 520 g/mol. The zero-order chi connectivity index (χ0) is 25.3. The minimum atomic E-state index is -0.929. The zero-order valence-electron chi connectivity index (χ0n) is 20.5. The van der Waals surface area contributed by atoms with Gasteiger partial charge in [-0.3, -0.25) is 24.1 Å². The molecule has 5 saturated carbocycles. The van der Waals surface area contributed by atoms with Gasteiger partial charge >= 0.3 is 0 Å². The molecule has 192 valence electrons. The Morgan fingerprint density at radius 2 is 1.62 bits per heavy atom. The number of nitrogens with one attached hydrogen (secondary N) is 1. The number of fused-ring (bicyclic) bond motifs is 1. The van der Waals surface area contributed by atoms with Gasteiger partial charge in [0, 0.05) is 17.0 Å². The van der Waals surface area contributed by atoms with Crippen molar-refractivity contribution in [3.63, 3.8) is 0 Å². The van der Waals surface area contributed by atoms with Gasteiger partial charge in [-0.1, -0.05) is 16.6 Å². The lowest BCUT2D eigenvalue weighted by atomic mass is 9.53. The van der Waals surface area contributed by atoms with Gasteiger partial charge in [-0.2, -0.15) is 0 Å². The Hall–Kier alpha value is -3.14. The Labute approximate surface area is 218 Å². The summed E-state index contributed by atoms with van der Waals surface area (Å²) in [5.74, 6) is 0.403. The van der Waals surface area contributed by atoms with Crippen LogP contribution in [0.15, 0.2) is 29.6 Å². The number of imide groups is 1. The predicted molar refractivity (Wildman–Crippen MR) is 133 cm³/mol. The standard InChI is InChI=1S/C27H29N5O4S/c33-22(13-31-25(35)19-3-1-2-4-20(19)26(31)36)32(18-5-6-18)23(21-14-37-30-29-21)24(34)28-27-10-15-7-16(11-27)9-17(8-15)12-27/h1-4,14-18,23H,5-13H2,(H,28,34). The van der Waals surface area contributed by atoms with E-state index in [0.29, 0.717) is 34.6 Å². The Morgan fingerprint density at radius 1 is 1.03 bits per heavy atom. The first-order valence-corrected chi connectivity index (χ1v) is 14.1. The maximum absolute atomic E-state index is 14.0. The number of amides is 4. The van der Waals surface area contributed by atoms with Gasteiger partial charge in [-0.15, -0.1) is 5.10 Å². The molecule has 37 heavy (non-hydrogen) atoms. The second-order valence-electron chi connectivity index (χ2n) is 11.7. The lowest BCUT2D eigenvalue weighted by Crippen LogP contribution is -2.62. The van der Waals surface area contributed by atoms with Crippen LogP contribution in [0, 0.1) is 17.8 Å². The van der Waals surface area contributed by atoms with Gasteiger partial charge in [0.15, 0.2) is 6.04 Å². The van der Waals surface area contributed by atoms with E-state index in [-0.39, 0.29) is 17.5 Å². The number of hydrogen-bond acceptors (Lipinski definition) is 7. The monoisotopic (exact) mass is 519 g/mol. The van der Waals surface area contributed by atoms with Crippen molar-refractivity contribution in [2.45, 2.75) is 69.0 Å². The molecule has 4 amide bonds. The summed E-state index contributed by atoms with van der Waals surface area (Å²) < 4.78 is 3.98. The van der Waals surface area contributed by atoms with Gasteiger partial charge in [-0.05, 0) is 92.8 Å². The maximum Gasteiger partial charge on any atom is 0.262 e. The quantitative estimate of drug-likeness (QED) is 0.563. The number of benzene rings is 1. The Kier molecular flexibility index (Phi) is 5.25. The third-order valence-electron chi connectivity index (χ3n) is 9.01. The van der Waals surface area contributed by atoms with Gasteiger partial charge in [0.1, 0.15) is 12.2 Å². The molecule has 1 aromatic heterocycles. The van der Waals surface area contributed by atoms with E-state index >= 15 is 0 Å². The van der Waals surface area contributed by atoms with E-state index in [0.717, 1.165) is 48.5 Å². The van der Waals surface area contributed by atoms with Crippen molar-refractivity contribution in [2.24, 2.45) is 17.8 Å². The van der Waals surface area contributed by atoms with Gasteiger partial charge in [0.25, 0.3) is 11.8 Å². The third-order valence-corrected chi connectivity index (χ3v) is 9.53. The lowest BCUT2D eigenvalue weighted by molar-refractivity contribution is -0.144. The molecule has 2 heterocycles. The molecule has 1 aliphatic heterocycles. The second kappa shape index (κ2) is 8.44. The van der Waals surface area contributed by atoms with Crippen molar-refractivity contribution in [3.05, 3.63) is 46.5 Å². The Balaban J connectivity index is 1.16. The van der Waals surface area contributed by atoms with Crippen molar-refractivity contribution in [1.29, 1.82) is 0 Å². The molecule has 4 bridgehead atoms.